The van der Waals surface area contributed by atoms with E-state index in [4.69, 9.17) is 0 Å². The number of aryl methyl sites for hydroxylation is 2. The van der Waals surface area contributed by atoms with Crippen LogP contribution in [0.3, 0.4) is 0 Å². The normalized spacial score (nSPS) is 28.8. The molecule has 0 aliphatic heterocycles. The Morgan fingerprint density at radius 1 is 0.511 bits per heavy atom. The van der Waals surface area contributed by atoms with Crippen LogP contribution >= 0.6 is 0 Å². The summed E-state index contributed by atoms with van der Waals surface area (Å²) in [6, 6.07) is 11.1. The second kappa shape index (κ2) is 15.8. The van der Waals surface area contributed by atoms with Crippen molar-refractivity contribution in [2.45, 2.75) is 163 Å². The van der Waals surface area contributed by atoms with Gasteiger partial charge < -0.3 is 0 Å². The minimum Gasteiger partial charge on any atom is -0.207 e. The maximum Gasteiger partial charge on any atom is 0.127 e. The van der Waals surface area contributed by atoms with Gasteiger partial charge in [0.1, 0.15) is 11.6 Å². The quantitative estimate of drug-likeness (QED) is 0.240. The van der Waals surface area contributed by atoms with E-state index in [1.165, 1.54) is 109 Å². The molecule has 6 fully saturated rings. The fraction of sp³-hybridized carbons (Fsp3) is 0.644. The minimum absolute atomic E-state index is 0.0907. The Labute approximate surface area is 286 Å². The van der Waals surface area contributed by atoms with Crippen molar-refractivity contribution in [1.82, 2.24) is 0 Å². The molecule has 2 heteroatoms. The van der Waals surface area contributed by atoms with Gasteiger partial charge >= 0.3 is 0 Å². The van der Waals surface area contributed by atoms with Crippen LogP contribution in [-0.4, -0.2) is 0 Å². The number of rotatable bonds is 9. The summed E-state index contributed by atoms with van der Waals surface area (Å²) in [5.74, 6) is 13.6. The first-order chi connectivity index (χ1) is 22.7. The van der Waals surface area contributed by atoms with Gasteiger partial charge in [0.2, 0.25) is 0 Å². The third kappa shape index (κ3) is 8.72. The van der Waals surface area contributed by atoms with E-state index in [1.807, 2.05) is 24.3 Å². The van der Waals surface area contributed by atoms with E-state index in [1.54, 1.807) is 12.1 Å². The van der Waals surface area contributed by atoms with E-state index in [9.17, 15) is 8.78 Å². The van der Waals surface area contributed by atoms with Crippen LogP contribution in [0.1, 0.15) is 172 Å². The lowest BCUT2D eigenvalue weighted by atomic mass is 9.53. The number of fused-ring (bicyclic) bond motifs is 6. The second-order valence-electron chi connectivity index (χ2n) is 16.0. The van der Waals surface area contributed by atoms with Crippen LogP contribution in [0.25, 0.3) is 0 Å². The van der Waals surface area contributed by atoms with Crippen molar-refractivity contribution in [2.24, 2.45) is 21.7 Å². The Morgan fingerprint density at radius 3 is 1.26 bits per heavy atom. The fourth-order valence-corrected chi connectivity index (χ4v) is 9.34. The highest BCUT2D eigenvalue weighted by Gasteiger charge is 2.48. The zero-order valence-corrected chi connectivity index (χ0v) is 30.1. The van der Waals surface area contributed by atoms with Crippen LogP contribution < -0.4 is 0 Å². The van der Waals surface area contributed by atoms with Gasteiger partial charge in [-0.3, -0.25) is 0 Å². The van der Waals surface area contributed by atoms with Gasteiger partial charge in [-0.05, 0) is 149 Å². The molecule has 0 atom stereocenters. The number of unbranched alkanes of at least 4 members (excludes halogenated alkanes) is 1. The Hall–Kier alpha value is -2.58. The predicted molar refractivity (Wildman–Crippen MR) is 194 cm³/mol. The molecular weight excluding hydrogens is 578 g/mol. The first-order valence-electron chi connectivity index (χ1n) is 19.3. The van der Waals surface area contributed by atoms with Crippen molar-refractivity contribution in [1.29, 1.82) is 0 Å². The lowest BCUT2D eigenvalue weighted by molar-refractivity contribution is 0.0189. The smallest absolute Gasteiger partial charge is 0.127 e. The van der Waals surface area contributed by atoms with Crippen LogP contribution in [0.15, 0.2) is 36.4 Å². The summed E-state index contributed by atoms with van der Waals surface area (Å²) >= 11 is 0. The summed E-state index contributed by atoms with van der Waals surface area (Å²) in [5.41, 5.74) is 5.01. The number of halogens is 2. The van der Waals surface area contributed by atoms with E-state index in [-0.39, 0.29) is 22.5 Å². The molecule has 6 aliphatic carbocycles. The van der Waals surface area contributed by atoms with Gasteiger partial charge in [-0.15, -0.1) is 0 Å². The minimum atomic E-state index is -0.0922. The van der Waals surface area contributed by atoms with Crippen LogP contribution in [-0.2, 0) is 12.8 Å². The molecule has 0 N–H and O–H groups in total. The van der Waals surface area contributed by atoms with Crippen LogP contribution in [0.2, 0.25) is 0 Å². The second-order valence-corrected chi connectivity index (χ2v) is 16.0. The molecule has 8 rings (SSSR count). The monoisotopic (exact) mass is 638 g/mol. The highest BCUT2D eigenvalue weighted by molar-refractivity contribution is 5.40. The summed E-state index contributed by atoms with van der Waals surface area (Å²) < 4.78 is 28.1. The zero-order valence-electron chi connectivity index (χ0n) is 30.1. The molecule has 2 aromatic rings. The molecule has 4 bridgehead atoms. The van der Waals surface area contributed by atoms with Crippen molar-refractivity contribution in [3.8, 4) is 23.7 Å². The summed E-state index contributed by atoms with van der Waals surface area (Å²) in [6.07, 6.45) is 26.0. The van der Waals surface area contributed by atoms with Crippen molar-refractivity contribution in [3.63, 3.8) is 0 Å². The number of benzene rings is 2. The molecule has 2 aromatic carbocycles. The molecule has 0 nitrogen and oxygen atoms in total. The highest BCUT2D eigenvalue weighted by Crippen LogP contribution is 2.59. The average molecular weight is 639 g/mol. The summed E-state index contributed by atoms with van der Waals surface area (Å²) in [5, 5.41) is 0. The van der Waals surface area contributed by atoms with Gasteiger partial charge in [0.25, 0.3) is 0 Å². The summed E-state index contributed by atoms with van der Waals surface area (Å²) in [7, 11) is 0. The predicted octanol–water partition coefficient (Wildman–Crippen LogP) is 12.9. The maximum absolute atomic E-state index is 14.1. The van der Waals surface area contributed by atoms with E-state index < -0.39 is 0 Å². The number of hydrogen-bond acceptors (Lipinski definition) is 0. The third-order valence-electron chi connectivity index (χ3n) is 12.7. The van der Waals surface area contributed by atoms with E-state index >= 15 is 0 Å². The van der Waals surface area contributed by atoms with Crippen molar-refractivity contribution in [2.75, 3.05) is 0 Å². The molecule has 0 saturated heterocycles. The Bertz CT molecular complexity index is 1420. The topological polar surface area (TPSA) is 0 Å². The van der Waals surface area contributed by atoms with Crippen LogP contribution in [0.4, 0.5) is 8.78 Å². The molecule has 0 unspecified atom stereocenters. The van der Waals surface area contributed by atoms with Gasteiger partial charge in [-0.2, -0.15) is 0 Å². The van der Waals surface area contributed by atoms with E-state index in [0.717, 1.165) is 47.9 Å². The largest absolute Gasteiger partial charge is 0.207 e. The molecule has 47 heavy (non-hydrogen) atoms. The first kappa shape index (κ1) is 35.7. The lowest BCUT2D eigenvalue weighted by Crippen LogP contribution is -2.40. The summed E-state index contributed by atoms with van der Waals surface area (Å²) in [6.45, 7) is 8.76. The van der Waals surface area contributed by atoms with Crippen LogP contribution in [0.5, 0.6) is 0 Å². The van der Waals surface area contributed by atoms with Crippen molar-refractivity contribution >= 4 is 0 Å². The maximum atomic E-state index is 14.1. The Balaban J connectivity index is 0.000000185. The van der Waals surface area contributed by atoms with Gasteiger partial charge in [0.15, 0.2) is 0 Å². The standard InChI is InChI=1S/C23H31F.C22H29F/c1-3-5-10-22-12-15-23(16-13-22,17-14-22)11-9-19-7-8-20(6-4-2)21(24)18-19;1-3-5-19-7-6-18(17-20(19)23)8-10-22-14-11-21(9-4-2,12-15-22)13-16-22/h7-8,18H,3-6,10,12-17H2,1-2H3;6-7,17H,3-5,9,11-16H2,1-2H3. The lowest BCUT2D eigenvalue weighted by Gasteiger charge is -2.51. The molecule has 6 saturated carbocycles. The fourth-order valence-electron chi connectivity index (χ4n) is 9.34. The average Bonchev–Trinajstić information content (AvgIpc) is 3.10. The van der Waals surface area contributed by atoms with Gasteiger partial charge in [-0.25, -0.2) is 8.78 Å². The van der Waals surface area contributed by atoms with Crippen molar-refractivity contribution < 1.29 is 8.78 Å². The molecular formula is C45H60F2. The molecule has 0 spiro atoms. The Kier molecular flexibility index (Phi) is 12.0. The van der Waals surface area contributed by atoms with Gasteiger partial charge in [0, 0.05) is 22.0 Å². The van der Waals surface area contributed by atoms with Crippen LogP contribution in [0, 0.1) is 57.0 Å². The molecule has 0 aromatic heterocycles. The van der Waals surface area contributed by atoms with Crippen molar-refractivity contribution in [3.05, 3.63) is 70.3 Å². The molecule has 0 amide bonds. The van der Waals surface area contributed by atoms with Gasteiger partial charge in [-0.1, -0.05) is 95.6 Å². The SMILES string of the molecule is CCCCC12CCC(C#Cc3ccc(CCC)c(F)c3)(CC1)CC2.CCCc1ccc(C#CC23CCC(CCC)(CC2)CC3)cc1F. The molecule has 254 valence electrons. The van der Waals surface area contributed by atoms with E-state index in [0.29, 0.717) is 10.8 Å². The third-order valence-corrected chi connectivity index (χ3v) is 12.7. The highest BCUT2D eigenvalue weighted by atomic mass is 19.1. The summed E-state index contributed by atoms with van der Waals surface area (Å²) in [4.78, 5) is 0. The Morgan fingerprint density at radius 2 is 0.915 bits per heavy atom. The molecule has 0 radical (unpaired) electrons. The first-order valence-corrected chi connectivity index (χ1v) is 19.3. The van der Waals surface area contributed by atoms with E-state index in [2.05, 4.69) is 51.4 Å². The number of hydrogen-bond donors (Lipinski definition) is 0. The molecule has 0 heterocycles. The molecule has 6 aliphatic rings. The van der Waals surface area contributed by atoms with Gasteiger partial charge in [0.05, 0.1) is 0 Å². The zero-order chi connectivity index (χ0) is 33.4.